The molecule has 0 aliphatic carbocycles. The average molecular weight is 210 g/mol. The third-order valence-corrected chi connectivity index (χ3v) is 2.50. The van der Waals surface area contributed by atoms with E-state index >= 15 is 0 Å². The first-order chi connectivity index (χ1) is 6.52. The first-order valence-corrected chi connectivity index (χ1v) is 5.70. The molecule has 1 rings (SSSR count). The lowest BCUT2D eigenvalue weighted by atomic mass is 9.86. The maximum Gasteiger partial charge on any atom is 0.764 e. The second-order valence-corrected chi connectivity index (χ2v) is 4.62. The summed E-state index contributed by atoms with van der Waals surface area (Å²) in [7, 11) is -2.82. The summed E-state index contributed by atoms with van der Waals surface area (Å²) in [5.41, 5.74) is 0.868. The van der Waals surface area contributed by atoms with Gasteiger partial charge in [0.05, 0.1) is 6.61 Å². The molecular formula is C10H14O3Si. The van der Waals surface area contributed by atoms with Crippen molar-refractivity contribution < 1.29 is 13.7 Å². The third-order valence-electron chi connectivity index (χ3n) is 2.11. The molecule has 0 bridgehead atoms. The van der Waals surface area contributed by atoms with Crippen LogP contribution < -0.4 is 0 Å². The Labute approximate surface area is 85.3 Å². The highest BCUT2D eigenvalue weighted by Gasteiger charge is 2.22. The van der Waals surface area contributed by atoms with E-state index in [2.05, 4.69) is 0 Å². The smallest absolute Gasteiger partial charge is 0.511 e. The van der Waals surface area contributed by atoms with E-state index in [1.165, 1.54) is 0 Å². The Kier molecular flexibility index (Phi) is 3.41. The normalized spacial score (nSPS) is 11.0. The minimum Gasteiger partial charge on any atom is -0.511 e. The summed E-state index contributed by atoms with van der Waals surface area (Å²) in [6.45, 7) is 4.21. The van der Waals surface area contributed by atoms with Crippen LogP contribution in [0.4, 0.5) is 0 Å². The Morgan fingerprint density at radius 2 is 1.93 bits per heavy atom. The molecule has 0 heterocycles. The summed E-state index contributed by atoms with van der Waals surface area (Å²) >= 11 is 0. The van der Waals surface area contributed by atoms with Gasteiger partial charge in [0, 0.05) is 5.41 Å². The van der Waals surface area contributed by atoms with Gasteiger partial charge in [-0.25, -0.2) is 0 Å². The highest BCUT2D eigenvalue weighted by molar-refractivity contribution is 6.24. The molecule has 4 heteroatoms. The van der Waals surface area contributed by atoms with Crippen LogP contribution in [0.15, 0.2) is 30.3 Å². The lowest BCUT2D eigenvalue weighted by Crippen LogP contribution is -2.26. The van der Waals surface area contributed by atoms with Gasteiger partial charge in [-0.05, 0) is 5.56 Å². The molecule has 1 N–H and O–H groups in total. The molecule has 0 atom stereocenters. The monoisotopic (exact) mass is 210 g/mol. The van der Waals surface area contributed by atoms with Gasteiger partial charge in [-0.2, -0.15) is 0 Å². The molecule has 0 saturated carbocycles. The first-order valence-electron chi connectivity index (χ1n) is 4.43. The molecule has 0 saturated heterocycles. The Hall–Kier alpha value is -1.16. The maximum atomic E-state index is 10.4. The Morgan fingerprint density at radius 1 is 1.36 bits per heavy atom. The molecule has 0 aromatic heterocycles. The van der Waals surface area contributed by atoms with Crippen molar-refractivity contribution in [2.24, 2.45) is 0 Å². The molecule has 0 aliphatic heterocycles. The number of hydrogen-bond donors (Lipinski definition) is 1. The van der Waals surface area contributed by atoms with Crippen LogP contribution in [-0.4, -0.2) is 20.6 Å². The number of rotatable bonds is 4. The van der Waals surface area contributed by atoms with Crippen molar-refractivity contribution in [3.05, 3.63) is 35.9 Å². The van der Waals surface area contributed by atoms with Crippen LogP contribution in [0.5, 0.6) is 0 Å². The minimum atomic E-state index is -2.82. The van der Waals surface area contributed by atoms with Crippen LogP contribution in [-0.2, 0) is 14.3 Å². The van der Waals surface area contributed by atoms with Crippen molar-refractivity contribution in [1.82, 2.24) is 0 Å². The quantitative estimate of drug-likeness (QED) is 0.764. The van der Waals surface area contributed by atoms with Gasteiger partial charge >= 0.3 is 9.17 Å². The predicted octanol–water partition coefficient (Wildman–Crippen LogP) is 1.39. The fraction of sp³-hybridized carbons (Fsp3) is 0.400. The van der Waals surface area contributed by atoms with Gasteiger partial charge in [0.15, 0.2) is 0 Å². The van der Waals surface area contributed by atoms with Crippen LogP contribution in [0.25, 0.3) is 0 Å². The van der Waals surface area contributed by atoms with Gasteiger partial charge in [0.2, 0.25) is 0 Å². The summed E-state index contributed by atoms with van der Waals surface area (Å²) in [6.07, 6.45) is 0. The molecule has 0 amide bonds. The fourth-order valence-corrected chi connectivity index (χ4v) is 1.70. The molecule has 0 spiro atoms. The topological polar surface area (TPSA) is 46.5 Å². The van der Waals surface area contributed by atoms with Gasteiger partial charge in [-0.15, -0.1) is 0 Å². The van der Waals surface area contributed by atoms with E-state index < -0.39 is 9.17 Å². The molecule has 0 fully saturated rings. The molecule has 3 nitrogen and oxygen atoms in total. The fourth-order valence-electron chi connectivity index (χ4n) is 1.21. The van der Waals surface area contributed by atoms with E-state index in [4.69, 9.17) is 9.22 Å². The van der Waals surface area contributed by atoms with E-state index in [9.17, 15) is 4.46 Å². The second kappa shape index (κ2) is 4.37. The number of benzene rings is 1. The maximum absolute atomic E-state index is 10.4. The molecular weight excluding hydrogens is 196 g/mol. The van der Waals surface area contributed by atoms with Crippen LogP contribution in [0.1, 0.15) is 19.4 Å². The van der Waals surface area contributed by atoms with Gasteiger partial charge < -0.3 is 9.22 Å². The first kappa shape index (κ1) is 10.9. The van der Waals surface area contributed by atoms with E-state index in [0.29, 0.717) is 0 Å². The van der Waals surface area contributed by atoms with Crippen LogP contribution in [0, 0.1) is 0 Å². The molecule has 1 aromatic rings. The summed E-state index contributed by atoms with van der Waals surface area (Å²) in [4.78, 5) is 8.59. The summed E-state index contributed by atoms with van der Waals surface area (Å²) in [5.74, 6) is 0. The van der Waals surface area contributed by atoms with Crippen molar-refractivity contribution >= 4 is 9.17 Å². The van der Waals surface area contributed by atoms with Crippen LogP contribution in [0.3, 0.4) is 0 Å². The summed E-state index contributed by atoms with van der Waals surface area (Å²) in [6, 6.07) is 9.80. The standard InChI is InChI=1S/C10H14O3Si/c1-10(2,8-13-14(11)12)9-6-4-3-5-7-9/h3-7,11H,8H2,1-2H3. The third kappa shape index (κ3) is 2.96. The van der Waals surface area contributed by atoms with E-state index in [0.717, 1.165) is 5.56 Å². The van der Waals surface area contributed by atoms with E-state index in [1.807, 2.05) is 44.2 Å². The molecule has 76 valence electrons. The van der Waals surface area contributed by atoms with Crippen LogP contribution >= 0.6 is 0 Å². The van der Waals surface area contributed by atoms with Crippen molar-refractivity contribution in [3.8, 4) is 0 Å². The number of hydrogen-bond acceptors (Lipinski definition) is 2. The average Bonchev–Trinajstić information content (AvgIpc) is 2.16. The second-order valence-electron chi connectivity index (χ2n) is 3.80. The molecule has 0 radical (unpaired) electrons. The lowest BCUT2D eigenvalue weighted by molar-refractivity contribution is 0.180. The van der Waals surface area contributed by atoms with Gasteiger partial charge in [0.1, 0.15) is 0 Å². The van der Waals surface area contributed by atoms with Crippen LogP contribution in [0.2, 0.25) is 0 Å². The van der Waals surface area contributed by atoms with Gasteiger partial charge in [-0.3, -0.25) is 4.46 Å². The molecule has 0 unspecified atom stereocenters. The Balaban J connectivity index is 2.70. The van der Waals surface area contributed by atoms with Gasteiger partial charge in [0.25, 0.3) is 0 Å². The summed E-state index contributed by atoms with van der Waals surface area (Å²) in [5, 5.41) is 0. The lowest BCUT2D eigenvalue weighted by Gasteiger charge is -2.24. The van der Waals surface area contributed by atoms with Crippen molar-refractivity contribution in [2.75, 3.05) is 6.61 Å². The zero-order valence-corrected chi connectivity index (χ0v) is 9.36. The van der Waals surface area contributed by atoms with E-state index in [-0.39, 0.29) is 12.0 Å². The van der Waals surface area contributed by atoms with Crippen molar-refractivity contribution in [3.63, 3.8) is 0 Å². The summed E-state index contributed by atoms with van der Waals surface area (Å²) < 4.78 is 15.2. The zero-order chi connectivity index (χ0) is 10.6. The molecule has 1 aromatic carbocycles. The molecule has 0 aliphatic rings. The highest BCUT2D eigenvalue weighted by Crippen LogP contribution is 2.22. The molecule has 14 heavy (non-hydrogen) atoms. The van der Waals surface area contributed by atoms with Gasteiger partial charge in [-0.1, -0.05) is 44.2 Å². The van der Waals surface area contributed by atoms with Crippen molar-refractivity contribution in [1.29, 1.82) is 0 Å². The largest absolute Gasteiger partial charge is 0.764 e. The Bertz CT molecular complexity index is 308. The van der Waals surface area contributed by atoms with Crippen molar-refractivity contribution in [2.45, 2.75) is 19.3 Å². The Morgan fingerprint density at radius 3 is 2.43 bits per heavy atom. The highest BCUT2D eigenvalue weighted by atomic mass is 28.3. The van der Waals surface area contributed by atoms with E-state index in [1.54, 1.807) is 0 Å². The SMILES string of the molecule is CC(C)(CO[Si](=O)O)c1ccccc1. The predicted molar refractivity (Wildman–Crippen MR) is 54.1 cm³/mol. The minimum absolute atomic E-state index is 0.232. The zero-order valence-electron chi connectivity index (χ0n) is 8.36.